The fourth-order valence-corrected chi connectivity index (χ4v) is 8.92. The van der Waals surface area contributed by atoms with Crippen molar-refractivity contribution >= 4 is 33.2 Å². The van der Waals surface area contributed by atoms with Crippen LogP contribution >= 0.6 is 11.6 Å². The maximum absolute atomic E-state index is 13.5. The number of nitrogens with zero attached hydrogens (tertiary/aromatic N) is 1. The highest BCUT2D eigenvalue weighted by atomic mass is 35.5. The lowest BCUT2D eigenvalue weighted by atomic mass is 9.70. The van der Waals surface area contributed by atoms with Crippen LogP contribution in [-0.4, -0.2) is 45.9 Å². The van der Waals surface area contributed by atoms with Crippen molar-refractivity contribution in [1.82, 2.24) is 4.72 Å². The average molecular weight is 629 g/mol. The van der Waals surface area contributed by atoms with E-state index in [4.69, 9.17) is 21.1 Å². The van der Waals surface area contributed by atoms with Gasteiger partial charge in [-0.1, -0.05) is 50.6 Å². The van der Waals surface area contributed by atoms with Crippen molar-refractivity contribution in [2.24, 2.45) is 23.7 Å². The molecular formula is C34H45ClN2O5S. The van der Waals surface area contributed by atoms with Gasteiger partial charge in [-0.15, -0.1) is 0 Å². The SMILES string of the molecule is CC[C@H]1[C@H](C)[C@H](C)/C=C/[C@H](OC)[C@@H]2CC[C@H]2CN2CCCCc3cc(Cl)ccc3COc3ccc(cc32)C(=O)NS1(=O)=O. The van der Waals surface area contributed by atoms with Gasteiger partial charge in [0.2, 0.25) is 10.0 Å². The van der Waals surface area contributed by atoms with Crippen molar-refractivity contribution < 1.29 is 22.7 Å². The second-order valence-electron chi connectivity index (χ2n) is 12.5. The average Bonchev–Trinajstić information content (AvgIpc) is 2.99. The number of ether oxygens (including phenoxy) is 2. The molecule has 43 heavy (non-hydrogen) atoms. The Kier molecular flexibility index (Phi) is 10.1. The first-order chi connectivity index (χ1) is 20.6. The number of aryl methyl sites for hydroxylation is 1. The number of amides is 1. The van der Waals surface area contributed by atoms with E-state index >= 15 is 0 Å². The number of carbonyl (C=O) groups is 1. The van der Waals surface area contributed by atoms with Crippen LogP contribution in [0.4, 0.5) is 5.69 Å². The molecule has 0 saturated heterocycles. The molecule has 2 aromatic rings. The topological polar surface area (TPSA) is 84.9 Å². The molecule has 0 aromatic heterocycles. The number of hydrogen-bond donors (Lipinski definition) is 1. The molecular weight excluding hydrogens is 584 g/mol. The zero-order valence-corrected chi connectivity index (χ0v) is 27.3. The van der Waals surface area contributed by atoms with Crippen LogP contribution in [0.1, 0.15) is 74.4 Å². The number of fused-ring (bicyclic) bond motifs is 3. The second-order valence-corrected chi connectivity index (χ2v) is 14.9. The third kappa shape index (κ3) is 7.07. The minimum absolute atomic E-state index is 0.00581. The fourth-order valence-electron chi connectivity index (χ4n) is 6.95. The third-order valence-electron chi connectivity index (χ3n) is 9.92. The molecule has 1 amide bonds. The largest absolute Gasteiger partial charge is 0.487 e. The van der Waals surface area contributed by atoms with E-state index in [2.05, 4.69) is 21.8 Å². The van der Waals surface area contributed by atoms with E-state index < -0.39 is 21.2 Å². The Hall–Kier alpha value is -2.55. The van der Waals surface area contributed by atoms with Crippen LogP contribution in [0.5, 0.6) is 5.75 Å². The van der Waals surface area contributed by atoms with E-state index in [1.807, 2.05) is 39.0 Å². The highest BCUT2D eigenvalue weighted by molar-refractivity contribution is 7.90. The lowest BCUT2D eigenvalue weighted by molar-refractivity contribution is 0.0132. The van der Waals surface area contributed by atoms with Crippen LogP contribution in [0, 0.1) is 23.7 Å². The van der Waals surface area contributed by atoms with Crippen molar-refractivity contribution in [2.45, 2.75) is 77.3 Å². The first-order valence-corrected chi connectivity index (χ1v) is 17.6. The zero-order valence-electron chi connectivity index (χ0n) is 25.7. The van der Waals surface area contributed by atoms with Gasteiger partial charge in [0.15, 0.2) is 0 Å². The molecule has 3 aliphatic rings. The number of benzene rings is 2. The molecule has 234 valence electrons. The molecule has 2 heterocycles. The summed E-state index contributed by atoms with van der Waals surface area (Å²) in [6.45, 7) is 7.83. The van der Waals surface area contributed by atoms with Crippen molar-refractivity contribution in [3.05, 3.63) is 70.3 Å². The zero-order chi connectivity index (χ0) is 30.7. The summed E-state index contributed by atoms with van der Waals surface area (Å²) in [4.78, 5) is 15.8. The van der Waals surface area contributed by atoms with Gasteiger partial charge in [0.1, 0.15) is 12.4 Å². The molecule has 5 rings (SSSR count). The number of allylic oxidation sites excluding steroid dienone is 1. The Morgan fingerprint density at radius 3 is 2.60 bits per heavy atom. The number of sulfonamides is 1. The summed E-state index contributed by atoms with van der Waals surface area (Å²) in [6.07, 6.45) is 9.64. The molecule has 2 aliphatic heterocycles. The van der Waals surface area contributed by atoms with Crippen LogP contribution in [0.15, 0.2) is 48.6 Å². The molecule has 1 fully saturated rings. The molecule has 9 heteroatoms. The summed E-state index contributed by atoms with van der Waals surface area (Å²) in [5, 5.41) is 0.00675. The number of nitrogens with one attached hydrogen (secondary N) is 1. The van der Waals surface area contributed by atoms with Crippen LogP contribution in [-0.2, 0) is 27.8 Å². The van der Waals surface area contributed by atoms with Crippen molar-refractivity contribution in [1.29, 1.82) is 0 Å². The van der Waals surface area contributed by atoms with Crippen LogP contribution < -0.4 is 14.4 Å². The lowest BCUT2D eigenvalue weighted by Crippen LogP contribution is -2.44. The Labute approximate surface area is 262 Å². The van der Waals surface area contributed by atoms with Gasteiger partial charge in [-0.05, 0) is 104 Å². The maximum Gasteiger partial charge on any atom is 0.264 e. The predicted octanol–water partition coefficient (Wildman–Crippen LogP) is 6.78. The number of hydrogen-bond acceptors (Lipinski definition) is 6. The van der Waals surface area contributed by atoms with Crippen molar-refractivity contribution in [3.63, 3.8) is 0 Å². The Bertz CT molecular complexity index is 1440. The number of methoxy groups -OCH3 is 1. The molecule has 0 radical (unpaired) electrons. The summed E-state index contributed by atoms with van der Waals surface area (Å²) < 4.78 is 41.9. The van der Waals surface area contributed by atoms with Gasteiger partial charge in [0.05, 0.1) is 17.0 Å². The lowest BCUT2D eigenvalue weighted by Gasteiger charge is -2.43. The third-order valence-corrected chi connectivity index (χ3v) is 12.2. The van der Waals surface area contributed by atoms with Gasteiger partial charge in [0.25, 0.3) is 5.91 Å². The Morgan fingerprint density at radius 1 is 1.07 bits per heavy atom. The first kappa shape index (κ1) is 31.9. The summed E-state index contributed by atoms with van der Waals surface area (Å²) in [6, 6.07) is 11.2. The summed E-state index contributed by atoms with van der Waals surface area (Å²) in [7, 11) is -2.17. The summed E-state index contributed by atoms with van der Waals surface area (Å²) >= 11 is 6.33. The molecule has 7 nitrogen and oxygen atoms in total. The summed E-state index contributed by atoms with van der Waals surface area (Å²) in [5.74, 6) is 0.653. The molecule has 0 unspecified atom stereocenters. The predicted molar refractivity (Wildman–Crippen MR) is 172 cm³/mol. The van der Waals surface area contributed by atoms with Gasteiger partial charge >= 0.3 is 0 Å². The van der Waals surface area contributed by atoms with Crippen molar-refractivity contribution in [2.75, 3.05) is 25.1 Å². The number of anilines is 1. The van der Waals surface area contributed by atoms with Gasteiger partial charge in [-0.3, -0.25) is 4.79 Å². The molecule has 1 N–H and O–H groups in total. The second kappa shape index (κ2) is 13.6. The fraction of sp³-hybridized carbons (Fsp3) is 0.559. The normalized spacial score (nSPS) is 30.3. The number of halogens is 1. The van der Waals surface area contributed by atoms with Gasteiger partial charge < -0.3 is 14.4 Å². The molecule has 2 bridgehead atoms. The van der Waals surface area contributed by atoms with Crippen molar-refractivity contribution in [3.8, 4) is 5.75 Å². The minimum Gasteiger partial charge on any atom is -0.487 e. The molecule has 1 saturated carbocycles. The first-order valence-electron chi connectivity index (χ1n) is 15.7. The van der Waals surface area contributed by atoms with E-state index in [-0.39, 0.29) is 17.9 Å². The van der Waals surface area contributed by atoms with Crippen LogP contribution in [0.2, 0.25) is 5.02 Å². The molecule has 6 atom stereocenters. The highest BCUT2D eigenvalue weighted by Crippen LogP contribution is 2.42. The van der Waals surface area contributed by atoms with Gasteiger partial charge in [0, 0.05) is 30.8 Å². The number of rotatable bonds is 2. The highest BCUT2D eigenvalue weighted by Gasteiger charge is 2.39. The van der Waals surface area contributed by atoms with Crippen LogP contribution in [0.25, 0.3) is 0 Å². The van der Waals surface area contributed by atoms with E-state index in [9.17, 15) is 13.2 Å². The van der Waals surface area contributed by atoms with E-state index in [1.165, 1.54) is 5.56 Å². The standard InChI is InChI=1S/C34H45ClN2O5S/c1-5-33-23(3)22(2)9-15-31(41-4)29-14-11-26(29)20-37-17-7-6-8-24-18-28(35)13-10-27(24)21-42-32-16-12-25(19-30(32)37)34(38)36-43(33,39)40/h9-10,12-13,15-16,18-19,22-23,26,29,31,33H,5-8,11,14,17,20-21H2,1-4H3,(H,36,38)/b15-9+/t22-,23-,26+,29-,31+,33+/m1/s1. The smallest absolute Gasteiger partial charge is 0.264 e. The van der Waals surface area contributed by atoms with Gasteiger partial charge in [-0.25, -0.2) is 13.1 Å². The van der Waals surface area contributed by atoms with E-state index in [1.54, 1.807) is 25.3 Å². The molecule has 1 aliphatic carbocycles. The van der Waals surface area contributed by atoms with E-state index in [0.717, 1.165) is 61.5 Å². The Balaban J connectivity index is 1.56. The Morgan fingerprint density at radius 2 is 1.88 bits per heavy atom. The minimum atomic E-state index is -3.93. The van der Waals surface area contributed by atoms with Gasteiger partial charge in [-0.2, -0.15) is 0 Å². The maximum atomic E-state index is 13.5. The van der Waals surface area contributed by atoms with Crippen LogP contribution in [0.3, 0.4) is 0 Å². The number of carbonyl (C=O) groups excluding carboxylic acids is 1. The quantitative estimate of drug-likeness (QED) is 0.369. The monoisotopic (exact) mass is 628 g/mol. The van der Waals surface area contributed by atoms with E-state index in [0.29, 0.717) is 36.2 Å². The molecule has 2 aromatic carbocycles. The summed E-state index contributed by atoms with van der Waals surface area (Å²) in [5.41, 5.74) is 3.41. The molecule has 0 spiro atoms.